The summed E-state index contributed by atoms with van der Waals surface area (Å²) in [6, 6.07) is 9.47. The van der Waals surface area contributed by atoms with E-state index in [4.69, 9.17) is 9.26 Å². The number of methoxy groups -OCH3 is 1. The number of anilines is 2. The lowest BCUT2D eigenvalue weighted by Crippen LogP contribution is -1.93. The summed E-state index contributed by atoms with van der Waals surface area (Å²) in [5.41, 5.74) is 0.869. The van der Waals surface area contributed by atoms with Gasteiger partial charge in [0.15, 0.2) is 5.82 Å². The third-order valence-corrected chi connectivity index (χ3v) is 2.00. The second-order valence-corrected chi connectivity index (χ2v) is 3.15. The number of rotatable bonds is 3. The van der Waals surface area contributed by atoms with Gasteiger partial charge in [0.05, 0.1) is 12.8 Å². The van der Waals surface area contributed by atoms with Gasteiger partial charge in [-0.3, -0.25) is 0 Å². The fraction of sp³-hybridized carbons (Fsp3) is 0.182. The van der Waals surface area contributed by atoms with Gasteiger partial charge < -0.3 is 14.6 Å². The van der Waals surface area contributed by atoms with Crippen molar-refractivity contribution >= 4 is 11.5 Å². The summed E-state index contributed by atoms with van der Waals surface area (Å²) < 4.78 is 10.2. The standard InChI is InChI=1S/C11H12N2O2/c1-8-7-11(13-15-8)12-9-5-3-4-6-10(9)14-2/h3-7H,1-2H3,(H,12,13). The number of aryl methyl sites for hydroxylation is 1. The average molecular weight is 204 g/mol. The second-order valence-electron chi connectivity index (χ2n) is 3.15. The molecule has 0 unspecified atom stereocenters. The number of hydrogen-bond donors (Lipinski definition) is 1. The topological polar surface area (TPSA) is 47.3 Å². The Balaban J connectivity index is 2.23. The molecular formula is C11H12N2O2. The lowest BCUT2D eigenvalue weighted by atomic mass is 10.3. The molecule has 2 rings (SSSR count). The number of hydrogen-bond acceptors (Lipinski definition) is 4. The van der Waals surface area contributed by atoms with Crippen molar-refractivity contribution in [2.24, 2.45) is 0 Å². The van der Waals surface area contributed by atoms with Crippen molar-refractivity contribution in [1.82, 2.24) is 5.16 Å². The summed E-state index contributed by atoms with van der Waals surface area (Å²) in [4.78, 5) is 0. The molecule has 1 heterocycles. The SMILES string of the molecule is COc1ccccc1Nc1cc(C)on1. The van der Waals surface area contributed by atoms with Crippen LogP contribution in [0.1, 0.15) is 5.76 Å². The summed E-state index contributed by atoms with van der Waals surface area (Å²) in [6.07, 6.45) is 0. The van der Waals surface area contributed by atoms with Crippen molar-refractivity contribution in [3.63, 3.8) is 0 Å². The lowest BCUT2D eigenvalue weighted by Gasteiger charge is -2.07. The molecule has 15 heavy (non-hydrogen) atoms. The summed E-state index contributed by atoms with van der Waals surface area (Å²) in [5, 5.41) is 6.96. The molecule has 0 aliphatic carbocycles. The minimum atomic E-state index is 0.678. The van der Waals surface area contributed by atoms with Crippen LogP contribution in [-0.4, -0.2) is 12.3 Å². The van der Waals surface area contributed by atoms with Gasteiger partial charge in [-0.25, -0.2) is 0 Å². The molecule has 4 heteroatoms. The fourth-order valence-electron chi connectivity index (χ4n) is 1.31. The van der Waals surface area contributed by atoms with Gasteiger partial charge in [0, 0.05) is 6.07 Å². The monoisotopic (exact) mass is 204 g/mol. The zero-order chi connectivity index (χ0) is 10.7. The van der Waals surface area contributed by atoms with Gasteiger partial charge in [0.2, 0.25) is 0 Å². The van der Waals surface area contributed by atoms with Crippen LogP contribution in [0, 0.1) is 6.92 Å². The fourth-order valence-corrected chi connectivity index (χ4v) is 1.31. The van der Waals surface area contributed by atoms with Crippen LogP contribution in [0.2, 0.25) is 0 Å². The van der Waals surface area contributed by atoms with Crippen LogP contribution in [-0.2, 0) is 0 Å². The van der Waals surface area contributed by atoms with Gasteiger partial charge in [0.1, 0.15) is 11.5 Å². The molecule has 0 spiro atoms. The van der Waals surface area contributed by atoms with E-state index in [-0.39, 0.29) is 0 Å². The van der Waals surface area contributed by atoms with Crippen LogP contribution in [0.4, 0.5) is 11.5 Å². The predicted molar refractivity (Wildman–Crippen MR) is 57.5 cm³/mol. The first kappa shape index (κ1) is 9.58. The Bertz CT molecular complexity index is 451. The molecule has 1 N–H and O–H groups in total. The Morgan fingerprint density at radius 2 is 2.13 bits per heavy atom. The van der Waals surface area contributed by atoms with Crippen LogP contribution in [0.25, 0.3) is 0 Å². The molecular weight excluding hydrogens is 192 g/mol. The van der Waals surface area contributed by atoms with Gasteiger partial charge >= 0.3 is 0 Å². The first-order valence-corrected chi connectivity index (χ1v) is 4.63. The van der Waals surface area contributed by atoms with Crippen molar-refractivity contribution in [3.05, 3.63) is 36.1 Å². The van der Waals surface area contributed by atoms with Crippen molar-refractivity contribution in [2.75, 3.05) is 12.4 Å². The zero-order valence-corrected chi connectivity index (χ0v) is 8.65. The quantitative estimate of drug-likeness (QED) is 0.835. The van der Waals surface area contributed by atoms with Crippen LogP contribution in [0.15, 0.2) is 34.9 Å². The van der Waals surface area contributed by atoms with E-state index in [1.165, 1.54) is 0 Å². The van der Waals surface area contributed by atoms with Crippen molar-refractivity contribution < 1.29 is 9.26 Å². The van der Waals surface area contributed by atoms with E-state index in [1.807, 2.05) is 37.3 Å². The predicted octanol–water partition coefficient (Wildman–Crippen LogP) is 2.74. The molecule has 1 aromatic heterocycles. The summed E-state index contributed by atoms with van der Waals surface area (Å²) >= 11 is 0. The Morgan fingerprint density at radius 1 is 1.33 bits per heavy atom. The first-order chi connectivity index (χ1) is 7.29. The van der Waals surface area contributed by atoms with E-state index in [0.29, 0.717) is 5.82 Å². The maximum atomic E-state index is 5.20. The van der Waals surface area contributed by atoms with Crippen LogP contribution in [0.3, 0.4) is 0 Å². The number of aromatic nitrogens is 1. The molecule has 0 fully saturated rings. The number of para-hydroxylation sites is 2. The van der Waals surface area contributed by atoms with Crippen molar-refractivity contribution in [1.29, 1.82) is 0 Å². The van der Waals surface area contributed by atoms with Gasteiger partial charge in [-0.2, -0.15) is 0 Å². The van der Waals surface area contributed by atoms with Gasteiger partial charge in [-0.15, -0.1) is 0 Å². The van der Waals surface area contributed by atoms with Crippen LogP contribution >= 0.6 is 0 Å². The second kappa shape index (κ2) is 4.04. The van der Waals surface area contributed by atoms with E-state index >= 15 is 0 Å². The van der Waals surface area contributed by atoms with Crippen molar-refractivity contribution in [3.8, 4) is 5.75 Å². The maximum Gasteiger partial charge on any atom is 0.174 e. The van der Waals surface area contributed by atoms with Crippen LogP contribution in [0.5, 0.6) is 5.75 Å². The third kappa shape index (κ3) is 2.10. The number of nitrogens with one attached hydrogen (secondary N) is 1. The van der Waals surface area contributed by atoms with Crippen molar-refractivity contribution in [2.45, 2.75) is 6.92 Å². The summed E-state index contributed by atoms with van der Waals surface area (Å²) in [6.45, 7) is 1.85. The molecule has 0 bridgehead atoms. The summed E-state index contributed by atoms with van der Waals surface area (Å²) in [5.74, 6) is 2.22. The Kier molecular flexibility index (Phi) is 2.58. The van der Waals surface area contributed by atoms with E-state index in [0.717, 1.165) is 17.2 Å². The van der Waals surface area contributed by atoms with E-state index in [1.54, 1.807) is 7.11 Å². The highest BCUT2D eigenvalue weighted by molar-refractivity contribution is 5.63. The smallest absolute Gasteiger partial charge is 0.174 e. The molecule has 0 saturated heterocycles. The van der Waals surface area contributed by atoms with Gasteiger partial charge in [0.25, 0.3) is 0 Å². The Labute approximate surface area is 87.8 Å². The molecule has 0 radical (unpaired) electrons. The number of nitrogens with zero attached hydrogens (tertiary/aromatic N) is 1. The highest BCUT2D eigenvalue weighted by Gasteiger charge is 2.04. The molecule has 1 aromatic carbocycles. The van der Waals surface area contributed by atoms with E-state index in [9.17, 15) is 0 Å². The molecule has 78 valence electrons. The molecule has 4 nitrogen and oxygen atoms in total. The Hall–Kier alpha value is -1.97. The van der Waals surface area contributed by atoms with Gasteiger partial charge in [-0.1, -0.05) is 17.3 Å². The lowest BCUT2D eigenvalue weighted by molar-refractivity contribution is 0.400. The molecule has 0 saturated carbocycles. The molecule has 2 aromatic rings. The Morgan fingerprint density at radius 3 is 2.80 bits per heavy atom. The average Bonchev–Trinajstić information content (AvgIpc) is 2.65. The van der Waals surface area contributed by atoms with Crippen LogP contribution < -0.4 is 10.1 Å². The van der Waals surface area contributed by atoms with E-state index in [2.05, 4.69) is 10.5 Å². The normalized spacial score (nSPS) is 10.0. The molecule has 0 atom stereocenters. The molecule has 0 amide bonds. The largest absolute Gasteiger partial charge is 0.495 e. The zero-order valence-electron chi connectivity index (χ0n) is 8.65. The molecule has 0 aliphatic rings. The van der Waals surface area contributed by atoms with E-state index < -0.39 is 0 Å². The molecule has 0 aliphatic heterocycles. The number of ether oxygens (including phenoxy) is 1. The minimum Gasteiger partial charge on any atom is -0.495 e. The first-order valence-electron chi connectivity index (χ1n) is 4.63. The van der Waals surface area contributed by atoms with Gasteiger partial charge in [-0.05, 0) is 19.1 Å². The maximum absolute atomic E-state index is 5.20. The number of benzene rings is 1. The summed E-state index contributed by atoms with van der Waals surface area (Å²) in [7, 11) is 1.63. The highest BCUT2D eigenvalue weighted by atomic mass is 16.5. The third-order valence-electron chi connectivity index (χ3n) is 2.00. The minimum absolute atomic E-state index is 0.678. The highest BCUT2D eigenvalue weighted by Crippen LogP contribution is 2.26.